The number of amides is 1. The van der Waals surface area contributed by atoms with Gasteiger partial charge in [0.1, 0.15) is 12.4 Å². The summed E-state index contributed by atoms with van der Waals surface area (Å²) in [6, 6.07) is 18.3. The molecule has 0 radical (unpaired) electrons. The second-order valence-corrected chi connectivity index (χ2v) is 6.29. The van der Waals surface area contributed by atoms with E-state index in [0.29, 0.717) is 11.3 Å². The lowest BCUT2D eigenvalue weighted by atomic mass is 10.2. The van der Waals surface area contributed by atoms with Gasteiger partial charge in [-0.1, -0.05) is 18.2 Å². The smallest absolute Gasteiger partial charge is 0.271 e. The number of ether oxygens (including phenoxy) is 1. The molecule has 0 saturated carbocycles. The van der Waals surface area contributed by atoms with Crippen molar-refractivity contribution in [2.45, 2.75) is 6.61 Å². The van der Waals surface area contributed by atoms with Crippen LogP contribution in [0, 0.1) is 20.2 Å². The maximum absolute atomic E-state index is 12.1. The lowest BCUT2D eigenvalue weighted by Gasteiger charge is -2.07. The second-order valence-electron chi connectivity index (χ2n) is 6.29. The van der Waals surface area contributed by atoms with Crippen LogP contribution in [-0.4, -0.2) is 22.0 Å². The van der Waals surface area contributed by atoms with Crippen molar-refractivity contribution in [3.8, 4) is 5.75 Å². The third-order valence-electron chi connectivity index (χ3n) is 4.11. The van der Waals surface area contributed by atoms with Crippen LogP contribution in [0.3, 0.4) is 0 Å². The summed E-state index contributed by atoms with van der Waals surface area (Å²) in [6.07, 6.45) is 1.41. The normalized spacial score (nSPS) is 10.6. The quantitative estimate of drug-likeness (QED) is 0.334. The molecule has 10 heteroatoms. The molecule has 0 fully saturated rings. The van der Waals surface area contributed by atoms with E-state index in [1.165, 1.54) is 36.5 Å². The van der Waals surface area contributed by atoms with Gasteiger partial charge in [0.05, 0.1) is 16.1 Å². The van der Waals surface area contributed by atoms with Crippen LogP contribution in [0.5, 0.6) is 5.75 Å². The minimum absolute atomic E-state index is 0.00844. The van der Waals surface area contributed by atoms with Crippen LogP contribution in [0.15, 0.2) is 77.9 Å². The Labute approximate surface area is 176 Å². The van der Waals surface area contributed by atoms with E-state index in [9.17, 15) is 25.0 Å². The fourth-order valence-electron chi connectivity index (χ4n) is 2.56. The van der Waals surface area contributed by atoms with Crippen molar-refractivity contribution in [2.24, 2.45) is 5.10 Å². The standard InChI is InChI=1S/C21H16N4O6/c26-21(17-4-2-5-19(12-17)25(29)30)23-22-13-16-3-1-6-20(11-16)31-14-15-7-9-18(10-8-15)24(27)28/h1-13H,14H2,(H,23,26)/b22-13-. The molecule has 1 N–H and O–H groups in total. The Kier molecular flexibility index (Phi) is 6.64. The van der Waals surface area contributed by atoms with E-state index < -0.39 is 15.8 Å². The molecule has 3 rings (SSSR count). The van der Waals surface area contributed by atoms with Crippen LogP contribution in [0.1, 0.15) is 21.5 Å². The molecule has 1 amide bonds. The predicted molar refractivity (Wildman–Crippen MR) is 112 cm³/mol. The van der Waals surface area contributed by atoms with E-state index in [0.717, 1.165) is 11.6 Å². The molecule has 3 aromatic rings. The van der Waals surface area contributed by atoms with Crippen molar-refractivity contribution in [3.63, 3.8) is 0 Å². The Hall–Kier alpha value is -4.60. The van der Waals surface area contributed by atoms with Crippen LogP contribution < -0.4 is 10.2 Å². The van der Waals surface area contributed by atoms with E-state index in [1.807, 2.05) is 0 Å². The molecule has 0 aromatic heterocycles. The topological polar surface area (TPSA) is 137 Å². The van der Waals surface area contributed by atoms with Gasteiger partial charge in [-0.25, -0.2) is 5.43 Å². The van der Waals surface area contributed by atoms with E-state index in [4.69, 9.17) is 4.74 Å². The zero-order valence-corrected chi connectivity index (χ0v) is 16.0. The summed E-state index contributed by atoms with van der Waals surface area (Å²) >= 11 is 0. The Morgan fingerprint density at radius 2 is 1.65 bits per heavy atom. The first kappa shape index (κ1) is 21.1. The number of hydrazone groups is 1. The number of nitro groups is 2. The second kappa shape index (κ2) is 9.74. The van der Waals surface area contributed by atoms with Gasteiger partial charge in [-0.2, -0.15) is 5.10 Å². The zero-order chi connectivity index (χ0) is 22.2. The van der Waals surface area contributed by atoms with Gasteiger partial charge in [0, 0.05) is 29.8 Å². The van der Waals surface area contributed by atoms with Gasteiger partial charge in [0.15, 0.2) is 0 Å². The summed E-state index contributed by atoms with van der Waals surface area (Å²) in [5.41, 5.74) is 3.68. The lowest BCUT2D eigenvalue weighted by Crippen LogP contribution is -2.17. The molecule has 156 valence electrons. The highest BCUT2D eigenvalue weighted by Crippen LogP contribution is 2.17. The number of rotatable bonds is 8. The van der Waals surface area contributed by atoms with Gasteiger partial charge in [-0.15, -0.1) is 0 Å². The van der Waals surface area contributed by atoms with Crippen LogP contribution >= 0.6 is 0 Å². The Bertz CT molecular complexity index is 1140. The molecule has 0 atom stereocenters. The number of benzene rings is 3. The van der Waals surface area contributed by atoms with Crippen LogP contribution in [0.2, 0.25) is 0 Å². The summed E-state index contributed by atoms with van der Waals surface area (Å²) in [7, 11) is 0. The van der Waals surface area contributed by atoms with Crippen LogP contribution in [0.4, 0.5) is 11.4 Å². The van der Waals surface area contributed by atoms with Crippen LogP contribution in [0.25, 0.3) is 0 Å². The first-order chi connectivity index (χ1) is 14.9. The maximum Gasteiger partial charge on any atom is 0.271 e. The highest BCUT2D eigenvalue weighted by molar-refractivity contribution is 5.95. The van der Waals surface area contributed by atoms with Crippen molar-refractivity contribution in [1.29, 1.82) is 0 Å². The van der Waals surface area contributed by atoms with E-state index in [-0.39, 0.29) is 23.5 Å². The highest BCUT2D eigenvalue weighted by Gasteiger charge is 2.10. The molecule has 0 bridgehead atoms. The summed E-state index contributed by atoms with van der Waals surface area (Å²) in [4.78, 5) is 32.5. The average Bonchev–Trinajstić information content (AvgIpc) is 2.78. The molecule has 10 nitrogen and oxygen atoms in total. The molecule has 0 heterocycles. The van der Waals surface area contributed by atoms with E-state index >= 15 is 0 Å². The van der Waals surface area contributed by atoms with Crippen LogP contribution in [-0.2, 0) is 6.61 Å². The van der Waals surface area contributed by atoms with Crippen molar-refractivity contribution >= 4 is 23.5 Å². The fraction of sp³-hybridized carbons (Fsp3) is 0.0476. The van der Waals surface area contributed by atoms with Gasteiger partial charge in [0.2, 0.25) is 0 Å². The minimum Gasteiger partial charge on any atom is -0.489 e. The molecular formula is C21H16N4O6. The van der Waals surface area contributed by atoms with Gasteiger partial charge < -0.3 is 4.74 Å². The highest BCUT2D eigenvalue weighted by atomic mass is 16.6. The molecule has 31 heavy (non-hydrogen) atoms. The third-order valence-corrected chi connectivity index (χ3v) is 4.11. The number of nitrogens with zero attached hydrogens (tertiary/aromatic N) is 3. The van der Waals surface area contributed by atoms with E-state index in [1.54, 1.807) is 36.4 Å². The fourth-order valence-corrected chi connectivity index (χ4v) is 2.56. The molecular weight excluding hydrogens is 404 g/mol. The zero-order valence-electron chi connectivity index (χ0n) is 16.0. The maximum atomic E-state index is 12.1. The first-order valence-electron chi connectivity index (χ1n) is 8.96. The van der Waals surface area contributed by atoms with Gasteiger partial charge in [-0.05, 0) is 41.5 Å². The Morgan fingerprint density at radius 1 is 0.935 bits per heavy atom. The van der Waals surface area contributed by atoms with Crippen molar-refractivity contribution in [1.82, 2.24) is 5.43 Å². The number of carbonyl (C=O) groups excluding carboxylic acids is 1. The first-order valence-corrected chi connectivity index (χ1v) is 8.96. The molecule has 0 aliphatic heterocycles. The molecule has 0 aliphatic carbocycles. The molecule has 3 aromatic carbocycles. The summed E-state index contributed by atoms with van der Waals surface area (Å²) in [6.45, 7) is 0.224. The lowest BCUT2D eigenvalue weighted by molar-refractivity contribution is -0.385. The van der Waals surface area contributed by atoms with Crippen molar-refractivity contribution in [3.05, 3.63) is 110 Å². The van der Waals surface area contributed by atoms with Gasteiger partial charge in [-0.3, -0.25) is 25.0 Å². The predicted octanol–water partition coefficient (Wildman–Crippen LogP) is 3.85. The molecule has 0 spiro atoms. The van der Waals surface area contributed by atoms with Gasteiger partial charge in [0.25, 0.3) is 17.3 Å². The number of hydrogen-bond donors (Lipinski definition) is 1. The molecule has 0 unspecified atom stereocenters. The number of hydrogen-bond acceptors (Lipinski definition) is 7. The summed E-state index contributed by atoms with van der Waals surface area (Å²) < 4.78 is 5.68. The SMILES string of the molecule is O=C(N/N=C\c1cccc(OCc2ccc([N+](=O)[O-])cc2)c1)c1cccc([N+](=O)[O-])c1. The Balaban J connectivity index is 1.58. The number of nitrogens with one attached hydrogen (secondary N) is 1. The summed E-state index contributed by atoms with van der Waals surface area (Å²) in [5, 5.41) is 25.4. The molecule has 0 saturated heterocycles. The minimum atomic E-state index is -0.581. The monoisotopic (exact) mass is 420 g/mol. The van der Waals surface area contributed by atoms with Crippen molar-refractivity contribution in [2.75, 3.05) is 0 Å². The summed E-state index contributed by atoms with van der Waals surface area (Å²) in [5.74, 6) is -0.0298. The Morgan fingerprint density at radius 3 is 2.35 bits per heavy atom. The number of carbonyl (C=O) groups is 1. The largest absolute Gasteiger partial charge is 0.489 e. The third kappa shape index (κ3) is 5.94. The van der Waals surface area contributed by atoms with E-state index in [2.05, 4.69) is 10.5 Å². The average molecular weight is 420 g/mol. The van der Waals surface area contributed by atoms with Crippen molar-refractivity contribution < 1.29 is 19.4 Å². The number of non-ortho nitro benzene ring substituents is 2. The number of nitro benzene ring substituents is 2. The van der Waals surface area contributed by atoms with Gasteiger partial charge >= 0.3 is 0 Å². The molecule has 0 aliphatic rings.